The standard InChI is InChI=1S/C13H21N.ClH/c1-3-4-5-6-13(14)12-9-7-11(2)8-10-12;/h7-10,13H,3-6,14H2,1-2H3;1H. The monoisotopic (exact) mass is 227 g/mol. The zero-order chi connectivity index (χ0) is 10.4. The molecule has 2 N–H and O–H groups in total. The Kier molecular flexibility index (Phi) is 7.45. The summed E-state index contributed by atoms with van der Waals surface area (Å²) in [5.74, 6) is 0. The zero-order valence-electron chi connectivity index (χ0n) is 9.70. The first-order valence-corrected chi connectivity index (χ1v) is 5.56. The highest BCUT2D eigenvalue weighted by atomic mass is 35.5. The van der Waals surface area contributed by atoms with E-state index >= 15 is 0 Å². The molecule has 0 aromatic heterocycles. The third-order valence-corrected chi connectivity index (χ3v) is 2.62. The first kappa shape index (κ1) is 14.5. The van der Waals surface area contributed by atoms with Crippen molar-refractivity contribution in [3.8, 4) is 0 Å². The van der Waals surface area contributed by atoms with Crippen molar-refractivity contribution < 1.29 is 0 Å². The predicted molar refractivity (Wildman–Crippen MR) is 69.5 cm³/mol. The van der Waals surface area contributed by atoms with Crippen LogP contribution in [0.5, 0.6) is 0 Å². The summed E-state index contributed by atoms with van der Waals surface area (Å²) < 4.78 is 0. The van der Waals surface area contributed by atoms with Crippen LogP contribution in [0.4, 0.5) is 0 Å². The normalized spacial score (nSPS) is 11.9. The Labute approximate surface area is 99.5 Å². The summed E-state index contributed by atoms with van der Waals surface area (Å²) in [5, 5.41) is 0. The Morgan fingerprint density at radius 3 is 2.27 bits per heavy atom. The maximum Gasteiger partial charge on any atom is 0.0294 e. The van der Waals surface area contributed by atoms with Crippen molar-refractivity contribution >= 4 is 12.4 Å². The van der Waals surface area contributed by atoms with Crippen LogP contribution in [0, 0.1) is 6.92 Å². The van der Waals surface area contributed by atoms with Gasteiger partial charge in [-0.25, -0.2) is 0 Å². The highest BCUT2D eigenvalue weighted by Crippen LogP contribution is 2.17. The van der Waals surface area contributed by atoms with E-state index < -0.39 is 0 Å². The summed E-state index contributed by atoms with van der Waals surface area (Å²) in [4.78, 5) is 0. The molecule has 2 heteroatoms. The fourth-order valence-electron chi connectivity index (χ4n) is 1.59. The second-order valence-electron chi connectivity index (χ2n) is 4.01. The molecule has 1 aromatic rings. The van der Waals surface area contributed by atoms with Gasteiger partial charge in [-0.05, 0) is 18.9 Å². The molecule has 0 amide bonds. The Balaban J connectivity index is 0.00000196. The molecule has 0 saturated carbocycles. The van der Waals surface area contributed by atoms with Crippen LogP contribution < -0.4 is 5.73 Å². The molecule has 0 spiro atoms. The van der Waals surface area contributed by atoms with Gasteiger partial charge in [-0.2, -0.15) is 0 Å². The molecular weight excluding hydrogens is 206 g/mol. The molecule has 86 valence electrons. The van der Waals surface area contributed by atoms with Gasteiger partial charge in [-0.15, -0.1) is 12.4 Å². The van der Waals surface area contributed by atoms with Gasteiger partial charge in [-0.3, -0.25) is 0 Å². The van der Waals surface area contributed by atoms with Crippen molar-refractivity contribution in [1.29, 1.82) is 0 Å². The Morgan fingerprint density at radius 2 is 1.73 bits per heavy atom. The molecule has 1 rings (SSSR count). The molecule has 0 aliphatic rings. The number of hydrogen-bond donors (Lipinski definition) is 1. The van der Waals surface area contributed by atoms with Crippen LogP contribution >= 0.6 is 12.4 Å². The quantitative estimate of drug-likeness (QED) is 0.757. The first-order valence-electron chi connectivity index (χ1n) is 5.56. The minimum absolute atomic E-state index is 0. The van der Waals surface area contributed by atoms with Crippen molar-refractivity contribution in [1.82, 2.24) is 0 Å². The van der Waals surface area contributed by atoms with Gasteiger partial charge < -0.3 is 5.73 Å². The van der Waals surface area contributed by atoms with Crippen LogP contribution in [-0.2, 0) is 0 Å². The summed E-state index contributed by atoms with van der Waals surface area (Å²) in [6.07, 6.45) is 4.91. The SMILES string of the molecule is CCCCCC(N)c1ccc(C)cc1.Cl. The molecule has 0 radical (unpaired) electrons. The number of unbranched alkanes of at least 4 members (excludes halogenated alkanes) is 2. The number of nitrogens with two attached hydrogens (primary N) is 1. The van der Waals surface area contributed by atoms with E-state index in [0.717, 1.165) is 6.42 Å². The van der Waals surface area contributed by atoms with E-state index in [9.17, 15) is 0 Å². The van der Waals surface area contributed by atoms with Crippen LogP contribution in [0.3, 0.4) is 0 Å². The highest BCUT2D eigenvalue weighted by molar-refractivity contribution is 5.85. The molecule has 0 aliphatic carbocycles. The van der Waals surface area contributed by atoms with Crippen LogP contribution in [0.15, 0.2) is 24.3 Å². The van der Waals surface area contributed by atoms with Gasteiger partial charge in [0.1, 0.15) is 0 Å². The fraction of sp³-hybridized carbons (Fsp3) is 0.538. The molecule has 0 aliphatic heterocycles. The van der Waals surface area contributed by atoms with Crippen molar-refractivity contribution in [2.75, 3.05) is 0 Å². The van der Waals surface area contributed by atoms with E-state index in [1.165, 1.54) is 30.4 Å². The smallest absolute Gasteiger partial charge is 0.0294 e. The van der Waals surface area contributed by atoms with Crippen LogP contribution in [0.2, 0.25) is 0 Å². The van der Waals surface area contributed by atoms with Gasteiger partial charge in [-0.1, -0.05) is 56.0 Å². The maximum atomic E-state index is 6.09. The average molecular weight is 228 g/mol. The Bertz CT molecular complexity index is 256. The van der Waals surface area contributed by atoms with Gasteiger partial charge in [0.15, 0.2) is 0 Å². The number of aryl methyl sites for hydroxylation is 1. The second-order valence-corrected chi connectivity index (χ2v) is 4.01. The summed E-state index contributed by atoms with van der Waals surface area (Å²) in [6, 6.07) is 8.78. The van der Waals surface area contributed by atoms with Gasteiger partial charge in [0.05, 0.1) is 0 Å². The molecule has 1 nitrogen and oxygen atoms in total. The van der Waals surface area contributed by atoms with E-state index in [-0.39, 0.29) is 18.4 Å². The summed E-state index contributed by atoms with van der Waals surface area (Å²) in [6.45, 7) is 4.32. The largest absolute Gasteiger partial charge is 0.324 e. The van der Waals surface area contributed by atoms with E-state index in [4.69, 9.17) is 5.73 Å². The third-order valence-electron chi connectivity index (χ3n) is 2.62. The molecule has 0 fully saturated rings. The van der Waals surface area contributed by atoms with Crippen LogP contribution in [0.25, 0.3) is 0 Å². The molecule has 0 bridgehead atoms. The lowest BCUT2D eigenvalue weighted by molar-refractivity contribution is 0.581. The Morgan fingerprint density at radius 1 is 1.13 bits per heavy atom. The Hall–Kier alpha value is -0.530. The minimum atomic E-state index is 0. The molecule has 15 heavy (non-hydrogen) atoms. The number of rotatable bonds is 5. The minimum Gasteiger partial charge on any atom is -0.324 e. The lowest BCUT2D eigenvalue weighted by Gasteiger charge is -2.11. The second kappa shape index (κ2) is 7.72. The number of benzene rings is 1. The van der Waals surface area contributed by atoms with Crippen molar-refractivity contribution in [3.05, 3.63) is 35.4 Å². The maximum absolute atomic E-state index is 6.09. The summed E-state index contributed by atoms with van der Waals surface area (Å²) in [5.41, 5.74) is 8.66. The predicted octanol–water partition coefficient (Wildman–Crippen LogP) is 4.00. The molecule has 1 atom stereocenters. The molecule has 1 unspecified atom stereocenters. The summed E-state index contributed by atoms with van der Waals surface area (Å²) >= 11 is 0. The van der Waals surface area contributed by atoms with E-state index in [0.29, 0.717) is 0 Å². The van der Waals surface area contributed by atoms with Gasteiger partial charge in [0.25, 0.3) is 0 Å². The van der Waals surface area contributed by atoms with Crippen molar-refractivity contribution in [3.63, 3.8) is 0 Å². The third kappa shape index (κ3) is 5.19. The zero-order valence-corrected chi connectivity index (χ0v) is 10.5. The van der Waals surface area contributed by atoms with Crippen molar-refractivity contribution in [2.45, 2.75) is 45.6 Å². The molecular formula is C13H22ClN. The van der Waals surface area contributed by atoms with Crippen LogP contribution in [-0.4, -0.2) is 0 Å². The first-order chi connectivity index (χ1) is 6.74. The number of hydrogen-bond acceptors (Lipinski definition) is 1. The number of halogens is 1. The molecule has 0 saturated heterocycles. The fourth-order valence-corrected chi connectivity index (χ4v) is 1.59. The molecule has 0 heterocycles. The van der Waals surface area contributed by atoms with E-state index in [2.05, 4.69) is 38.1 Å². The average Bonchev–Trinajstić information content (AvgIpc) is 2.19. The van der Waals surface area contributed by atoms with Gasteiger partial charge >= 0.3 is 0 Å². The van der Waals surface area contributed by atoms with Gasteiger partial charge in [0.2, 0.25) is 0 Å². The summed E-state index contributed by atoms with van der Waals surface area (Å²) in [7, 11) is 0. The topological polar surface area (TPSA) is 26.0 Å². The van der Waals surface area contributed by atoms with Crippen molar-refractivity contribution in [2.24, 2.45) is 5.73 Å². The van der Waals surface area contributed by atoms with E-state index in [1.54, 1.807) is 0 Å². The van der Waals surface area contributed by atoms with Gasteiger partial charge in [0, 0.05) is 6.04 Å². The van der Waals surface area contributed by atoms with Crippen LogP contribution in [0.1, 0.15) is 49.8 Å². The lowest BCUT2D eigenvalue weighted by atomic mass is 10.0. The highest BCUT2D eigenvalue weighted by Gasteiger charge is 2.04. The molecule has 1 aromatic carbocycles. The lowest BCUT2D eigenvalue weighted by Crippen LogP contribution is -2.09. The van der Waals surface area contributed by atoms with E-state index in [1.807, 2.05) is 0 Å².